The third-order valence-corrected chi connectivity index (χ3v) is 7.20. The maximum atomic E-state index is 10.5. The van der Waals surface area contributed by atoms with Gasteiger partial charge < -0.3 is 15.3 Å². The van der Waals surface area contributed by atoms with Crippen LogP contribution < -0.4 is 10.2 Å². The summed E-state index contributed by atoms with van der Waals surface area (Å²) in [6.45, 7) is 0. The molecule has 1 unspecified atom stereocenters. The lowest BCUT2D eigenvalue weighted by Gasteiger charge is -2.43. The molecule has 2 N–H and O–H groups in total. The standard InChI is InChI=1S/C22H23N7OS/c1-29(16-8-14-3-2-4-15(9-16)26-14)20-12-24-21(28-27-20)18-6-5-13(7-19(18)30)22-25-11-17(10-23)31-22/h5-7,11-12,14-16,26,30H,2-4,8-9H2,1H3/t14-,15+,16?. The number of thiazole rings is 1. The number of phenols is 1. The van der Waals surface area contributed by atoms with Crippen LogP contribution in [0.15, 0.2) is 30.6 Å². The minimum atomic E-state index is 0.0558. The van der Waals surface area contributed by atoms with E-state index in [4.69, 9.17) is 5.26 Å². The number of nitrogens with zero attached hydrogens (tertiary/aromatic N) is 6. The first kappa shape index (κ1) is 19.8. The van der Waals surface area contributed by atoms with Gasteiger partial charge in [0.15, 0.2) is 11.6 Å². The van der Waals surface area contributed by atoms with Crippen LogP contribution in [0.1, 0.15) is 37.0 Å². The molecule has 2 fully saturated rings. The van der Waals surface area contributed by atoms with Gasteiger partial charge in [-0.15, -0.1) is 21.5 Å². The minimum absolute atomic E-state index is 0.0558. The van der Waals surface area contributed by atoms with E-state index in [2.05, 4.69) is 43.5 Å². The Bertz CT molecular complexity index is 1110. The predicted octanol–water partition coefficient (Wildman–Crippen LogP) is 3.35. The number of anilines is 1. The second kappa shape index (κ2) is 8.21. The van der Waals surface area contributed by atoms with E-state index in [1.165, 1.54) is 36.8 Å². The summed E-state index contributed by atoms with van der Waals surface area (Å²) in [4.78, 5) is 11.4. The average molecular weight is 434 g/mol. The quantitative estimate of drug-likeness (QED) is 0.644. The first-order valence-electron chi connectivity index (χ1n) is 10.5. The number of benzene rings is 1. The van der Waals surface area contributed by atoms with Gasteiger partial charge in [0, 0.05) is 30.7 Å². The van der Waals surface area contributed by atoms with Gasteiger partial charge in [0.1, 0.15) is 21.7 Å². The molecule has 2 saturated heterocycles. The Kier molecular flexibility index (Phi) is 5.26. The molecule has 1 aromatic carbocycles. The van der Waals surface area contributed by atoms with Gasteiger partial charge in [-0.3, -0.25) is 0 Å². The van der Waals surface area contributed by atoms with E-state index >= 15 is 0 Å². The summed E-state index contributed by atoms with van der Waals surface area (Å²) in [6.07, 6.45) is 9.30. The molecule has 158 valence electrons. The van der Waals surface area contributed by atoms with Crippen LogP contribution in [0.4, 0.5) is 5.82 Å². The normalized spacial score (nSPS) is 22.6. The van der Waals surface area contributed by atoms with Crippen molar-refractivity contribution in [1.82, 2.24) is 25.5 Å². The first-order chi connectivity index (χ1) is 15.1. The van der Waals surface area contributed by atoms with Crippen LogP contribution in [-0.2, 0) is 0 Å². The third-order valence-electron chi connectivity index (χ3n) is 6.25. The van der Waals surface area contributed by atoms with Crippen LogP contribution in [-0.4, -0.2) is 50.4 Å². The number of rotatable bonds is 4. The second-order valence-electron chi connectivity index (χ2n) is 8.24. The Hall–Kier alpha value is -3.09. The van der Waals surface area contributed by atoms with Crippen LogP contribution in [0, 0.1) is 11.3 Å². The molecule has 31 heavy (non-hydrogen) atoms. The predicted molar refractivity (Wildman–Crippen MR) is 119 cm³/mol. The lowest BCUT2D eigenvalue weighted by Crippen LogP contribution is -2.54. The van der Waals surface area contributed by atoms with Crippen molar-refractivity contribution in [2.45, 2.75) is 50.2 Å². The molecule has 8 nitrogen and oxygen atoms in total. The molecule has 0 radical (unpaired) electrons. The fourth-order valence-electron chi connectivity index (χ4n) is 4.61. The molecule has 3 atom stereocenters. The molecule has 2 aliphatic heterocycles. The Morgan fingerprint density at radius 1 is 1.16 bits per heavy atom. The molecule has 0 spiro atoms. The second-order valence-corrected chi connectivity index (χ2v) is 9.27. The molecule has 2 aliphatic rings. The first-order valence-corrected chi connectivity index (χ1v) is 11.3. The van der Waals surface area contributed by atoms with Crippen molar-refractivity contribution in [1.29, 1.82) is 5.26 Å². The van der Waals surface area contributed by atoms with Crippen LogP contribution in [0.3, 0.4) is 0 Å². The highest BCUT2D eigenvalue weighted by atomic mass is 32.1. The average Bonchev–Trinajstić information content (AvgIpc) is 3.28. The molecular weight excluding hydrogens is 410 g/mol. The zero-order chi connectivity index (χ0) is 21.4. The number of piperidine rings is 2. The summed E-state index contributed by atoms with van der Waals surface area (Å²) < 4.78 is 0. The van der Waals surface area contributed by atoms with E-state index < -0.39 is 0 Å². The molecule has 3 aromatic rings. The summed E-state index contributed by atoms with van der Waals surface area (Å²) in [5, 5.41) is 32.6. The van der Waals surface area contributed by atoms with Crippen LogP contribution in [0.2, 0.25) is 0 Å². The summed E-state index contributed by atoms with van der Waals surface area (Å²) in [7, 11) is 2.06. The number of hydrogen-bond donors (Lipinski definition) is 2. The number of hydrogen-bond acceptors (Lipinski definition) is 9. The fourth-order valence-corrected chi connectivity index (χ4v) is 5.32. The van der Waals surface area contributed by atoms with E-state index in [0.29, 0.717) is 39.4 Å². The molecule has 0 aliphatic carbocycles. The molecule has 5 rings (SSSR count). The van der Waals surface area contributed by atoms with E-state index in [0.717, 1.165) is 24.2 Å². The van der Waals surface area contributed by atoms with Crippen LogP contribution in [0.5, 0.6) is 5.75 Å². The van der Waals surface area contributed by atoms with E-state index in [1.54, 1.807) is 18.3 Å². The van der Waals surface area contributed by atoms with Gasteiger partial charge in [-0.1, -0.05) is 12.5 Å². The van der Waals surface area contributed by atoms with Gasteiger partial charge in [-0.25, -0.2) is 9.97 Å². The van der Waals surface area contributed by atoms with Gasteiger partial charge in [0.05, 0.1) is 18.0 Å². The maximum absolute atomic E-state index is 10.5. The highest BCUT2D eigenvalue weighted by Gasteiger charge is 2.33. The Morgan fingerprint density at radius 2 is 1.97 bits per heavy atom. The fraction of sp³-hybridized carbons (Fsp3) is 0.409. The summed E-state index contributed by atoms with van der Waals surface area (Å²) in [5.41, 5.74) is 1.26. The van der Waals surface area contributed by atoms with Crippen molar-refractivity contribution in [3.05, 3.63) is 35.5 Å². The van der Waals surface area contributed by atoms with Gasteiger partial charge in [-0.05, 0) is 37.8 Å². The Morgan fingerprint density at radius 3 is 2.61 bits per heavy atom. The lowest BCUT2D eigenvalue weighted by atomic mass is 9.83. The molecule has 2 aromatic heterocycles. The molecule has 4 heterocycles. The number of nitriles is 1. The Labute approximate surface area is 184 Å². The summed E-state index contributed by atoms with van der Waals surface area (Å²) >= 11 is 1.28. The smallest absolute Gasteiger partial charge is 0.185 e. The van der Waals surface area contributed by atoms with Gasteiger partial charge >= 0.3 is 0 Å². The van der Waals surface area contributed by atoms with E-state index in [1.807, 2.05) is 6.07 Å². The molecule has 2 bridgehead atoms. The molecule has 9 heteroatoms. The van der Waals surface area contributed by atoms with Crippen molar-refractivity contribution >= 4 is 17.2 Å². The maximum Gasteiger partial charge on any atom is 0.185 e. The number of aromatic nitrogens is 4. The molecule has 0 amide bonds. The molecule has 0 saturated carbocycles. The monoisotopic (exact) mass is 433 g/mol. The highest BCUT2D eigenvalue weighted by molar-refractivity contribution is 7.15. The molecular formula is C22H23N7OS. The number of phenolic OH excluding ortho intramolecular Hbond substituents is 1. The third kappa shape index (κ3) is 3.96. The summed E-state index contributed by atoms with van der Waals surface area (Å²) in [5.74, 6) is 1.18. The number of nitrogens with one attached hydrogen (secondary N) is 1. The van der Waals surface area contributed by atoms with Gasteiger partial charge in [-0.2, -0.15) is 5.26 Å². The topological polar surface area (TPSA) is 111 Å². The van der Waals surface area contributed by atoms with Crippen LogP contribution in [0.25, 0.3) is 22.0 Å². The van der Waals surface area contributed by atoms with Crippen molar-refractivity contribution in [3.63, 3.8) is 0 Å². The van der Waals surface area contributed by atoms with Crippen molar-refractivity contribution in [3.8, 4) is 33.8 Å². The zero-order valence-corrected chi connectivity index (χ0v) is 18.0. The zero-order valence-electron chi connectivity index (χ0n) is 17.2. The largest absolute Gasteiger partial charge is 0.507 e. The summed E-state index contributed by atoms with van der Waals surface area (Å²) in [6, 6.07) is 8.91. The highest BCUT2D eigenvalue weighted by Crippen LogP contribution is 2.34. The van der Waals surface area contributed by atoms with Crippen molar-refractivity contribution in [2.24, 2.45) is 0 Å². The number of aromatic hydroxyl groups is 1. The minimum Gasteiger partial charge on any atom is -0.507 e. The Balaban J connectivity index is 1.33. The lowest BCUT2D eigenvalue weighted by molar-refractivity contribution is 0.219. The van der Waals surface area contributed by atoms with Crippen molar-refractivity contribution in [2.75, 3.05) is 11.9 Å². The number of fused-ring (bicyclic) bond motifs is 2. The van der Waals surface area contributed by atoms with Crippen LogP contribution >= 0.6 is 11.3 Å². The van der Waals surface area contributed by atoms with E-state index in [9.17, 15) is 5.11 Å². The van der Waals surface area contributed by atoms with Crippen molar-refractivity contribution < 1.29 is 5.11 Å². The van der Waals surface area contributed by atoms with E-state index in [-0.39, 0.29) is 5.75 Å². The SMILES string of the molecule is CN(c1cnc(-c2ccc(-c3ncc(C#N)s3)cc2O)nn1)C1C[C@H]2CCC[C@@H](C1)N2. The van der Waals surface area contributed by atoms with Gasteiger partial charge in [0.2, 0.25) is 0 Å². The van der Waals surface area contributed by atoms with Gasteiger partial charge in [0.25, 0.3) is 0 Å².